The number of halogens is 2. The third-order valence-electron chi connectivity index (χ3n) is 4.74. The Morgan fingerprint density at radius 1 is 1.04 bits per heavy atom. The Hall–Kier alpha value is -1.72. The quantitative estimate of drug-likeness (QED) is 0.717. The van der Waals surface area contributed by atoms with E-state index in [4.69, 9.17) is 35.4 Å². The number of nitrogens with zero attached hydrogens (tertiary/aromatic N) is 1. The van der Waals surface area contributed by atoms with Crippen LogP contribution in [-0.2, 0) is 0 Å². The molecule has 0 radical (unpaired) electrons. The van der Waals surface area contributed by atoms with Crippen molar-refractivity contribution in [2.24, 2.45) is 10.9 Å². The van der Waals surface area contributed by atoms with Gasteiger partial charge in [-0.05, 0) is 47.1 Å². The monoisotopic (exact) mass is 401 g/mol. The number of hydrogen-bond acceptors (Lipinski definition) is 2. The zero-order valence-corrected chi connectivity index (χ0v) is 16.2. The first-order valence-corrected chi connectivity index (χ1v) is 9.59. The number of thiocarbonyl (C=S) groups is 1. The Morgan fingerprint density at radius 2 is 1.77 bits per heavy atom. The van der Waals surface area contributed by atoms with Gasteiger partial charge in [0.25, 0.3) is 0 Å². The van der Waals surface area contributed by atoms with Crippen molar-refractivity contribution in [1.29, 1.82) is 0 Å². The van der Waals surface area contributed by atoms with E-state index in [1.165, 1.54) is 0 Å². The molecule has 0 bridgehead atoms. The van der Waals surface area contributed by atoms with Crippen LogP contribution in [0.5, 0.6) is 0 Å². The van der Waals surface area contributed by atoms with Crippen molar-refractivity contribution in [2.45, 2.75) is 6.04 Å². The lowest BCUT2D eigenvalue weighted by atomic mass is 9.82. The molecule has 2 unspecified atom stereocenters. The molecule has 2 aromatic rings. The minimum absolute atomic E-state index is 0.00820. The third-order valence-corrected chi connectivity index (χ3v) is 5.64. The van der Waals surface area contributed by atoms with Crippen molar-refractivity contribution in [3.63, 3.8) is 0 Å². The summed E-state index contributed by atoms with van der Waals surface area (Å²) in [5.74, 6) is 0.143. The number of nitrogens with one attached hydrogen (secondary N) is 2. The van der Waals surface area contributed by atoms with Crippen LogP contribution in [0.3, 0.4) is 0 Å². The first-order chi connectivity index (χ1) is 12.6. The molecule has 0 spiro atoms. The molecule has 2 aliphatic rings. The van der Waals surface area contributed by atoms with Crippen LogP contribution in [-0.4, -0.2) is 23.9 Å². The molecular weight excluding hydrogens is 385 g/mol. The van der Waals surface area contributed by atoms with Gasteiger partial charge in [-0.1, -0.05) is 59.6 Å². The van der Waals surface area contributed by atoms with Crippen molar-refractivity contribution >= 4 is 52.3 Å². The fourth-order valence-corrected chi connectivity index (χ4v) is 4.19. The Bertz CT molecular complexity index is 923. The molecular formula is C20H17Cl2N3S. The van der Waals surface area contributed by atoms with Gasteiger partial charge in [0.2, 0.25) is 0 Å². The lowest BCUT2D eigenvalue weighted by Crippen LogP contribution is -2.50. The number of rotatable bonds is 2. The van der Waals surface area contributed by atoms with E-state index >= 15 is 0 Å². The van der Waals surface area contributed by atoms with E-state index in [0.717, 1.165) is 45.5 Å². The number of hydrogen-bond donors (Lipinski definition) is 2. The van der Waals surface area contributed by atoms with Gasteiger partial charge < -0.3 is 10.6 Å². The number of benzene rings is 2. The molecule has 1 fully saturated rings. The minimum Gasteiger partial charge on any atom is -0.353 e. The molecule has 6 heteroatoms. The predicted octanol–water partition coefficient (Wildman–Crippen LogP) is 4.67. The molecule has 1 saturated heterocycles. The zero-order chi connectivity index (χ0) is 18.1. The maximum Gasteiger partial charge on any atom is 0.193 e. The molecule has 2 heterocycles. The normalized spacial score (nSPS) is 24.0. The summed E-state index contributed by atoms with van der Waals surface area (Å²) < 4.78 is 0. The van der Waals surface area contributed by atoms with E-state index in [0.29, 0.717) is 5.11 Å². The van der Waals surface area contributed by atoms with E-state index < -0.39 is 0 Å². The van der Waals surface area contributed by atoms with Crippen molar-refractivity contribution in [3.8, 4) is 0 Å². The van der Waals surface area contributed by atoms with Crippen LogP contribution >= 0.6 is 35.4 Å². The van der Waals surface area contributed by atoms with Gasteiger partial charge in [-0.2, -0.15) is 0 Å². The molecule has 0 saturated carbocycles. The standard InChI is InChI=1S/C20H17Cl2N3S/c21-16-7-3-1-5-12(16)9-13-10-23-11-15-18(13)24-20(26)25-19(15)14-6-2-4-8-17(14)22/h1-9,15,19,23H,10-11H2,(H,25,26)/b13-9+. The Kier molecular flexibility index (Phi) is 5.09. The summed E-state index contributed by atoms with van der Waals surface area (Å²) in [6, 6.07) is 15.7. The lowest BCUT2D eigenvalue weighted by molar-refractivity contribution is 0.455. The molecule has 0 aliphatic carbocycles. The highest BCUT2D eigenvalue weighted by molar-refractivity contribution is 7.80. The fraction of sp³-hybridized carbons (Fsp3) is 0.200. The van der Waals surface area contributed by atoms with Crippen LogP contribution in [0.2, 0.25) is 10.0 Å². The summed E-state index contributed by atoms with van der Waals surface area (Å²) in [5.41, 5.74) is 4.13. The molecule has 2 aliphatic heterocycles. The topological polar surface area (TPSA) is 36.4 Å². The smallest absolute Gasteiger partial charge is 0.193 e. The van der Waals surface area contributed by atoms with Gasteiger partial charge >= 0.3 is 0 Å². The first kappa shape index (κ1) is 17.7. The van der Waals surface area contributed by atoms with Crippen molar-refractivity contribution in [3.05, 3.63) is 75.3 Å². The van der Waals surface area contributed by atoms with Crippen LogP contribution in [0.15, 0.2) is 59.1 Å². The second-order valence-corrected chi connectivity index (χ2v) is 7.58. The van der Waals surface area contributed by atoms with Crippen molar-refractivity contribution in [2.75, 3.05) is 13.1 Å². The van der Waals surface area contributed by atoms with Crippen molar-refractivity contribution in [1.82, 2.24) is 10.6 Å². The third kappa shape index (κ3) is 3.42. The van der Waals surface area contributed by atoms with Gasteiger partial charge in [0.15, 0.2) is 5.11 Å². The van der Waals surface area contributed by atoms with Gasteiger partial charge in [-0.15, -0.1) is 0 Å². The summed E-state index contributed by atoms with van der Waals surface area (Å²) in [4.78, 5) is 4.66. The SMILES string of the molecule is S=C1N=C2/C(=C/c3ccccc3Cl)CNCC2C(c2ccccc2Cl)N1. The lowest BCUT2D eigenvalue weighted by Gasteiger charge is -2.38. The zero-order valence-electron chi connectivity index (χ0n) is 13.9. The van der Waals surface area contributed by atoms with Gasteiger partial charge in [0.05, 0.1) is 11.8 Å². The molecule has 3 nitrogen and oxygen atoms in total. The van der Waals surface area contributed by atoms with Crippen LogP contribution in [0, 0.1) is 5.92 Å². The number of fused-ring (bicyclic) bond motifs is 1. The predicted molar refractivity (Wildman–Crippen MR) is 113 cm³/mol. The van der Waals surface area contributed by atoms with Gasteiger partial charge in [0.1, 0.15) is 0 Å². The molecule has 0 aromatic heterocycles. The van der Waals surface area contributed by atoms with E-state index in [1.807, 2.05) is 48.5 Å². The van der Waals surface area contributed by atoms with E-state index in [9.17, 15) is 0 Å². The summed E-state index contributed by atoms with van der Waals surface area (Å²) in [6.07, 6.45) is 2.10. The number of piperidine rings is 1. The molecule has 132 valence electrons. The second-order valence-electron chi connectivity index (χ2n) is 6.37. The van der Waals surface area contributed by atoms with E-state index in [1.54, 1.807) is 0 Å². The summed E-state index contributed by atoms with van der Waals surface area (Å²) in [7, 11) is 0. The van der Waals surface area contributed by atoms with E-state index in [2.05, 4.69) is 21.7 Å². The summed E-state index contributed by atoms with van der Waals surface area (Å²) >= 11 is 18.2. The second kappa shape index (κ2) is 7.49. The number of aliphatic imine (C=N–C) groups is 1. The maximum atomic E-state index is 6.45. The summed E-state index contributed by atoms with van der Waals surface area (Å²) in [5, 5.41) is 8.77. The molecule has 4 rings (SSSR count). The highest BCUT2D eigenvalue weighted by Gasteiger charge is 2.36. The minimum atomic E-state index is -0.00820. The van der Waals surface area contributed by atoms with Gasteiger partial charge in [-0.25, -0.2) is 4.99 Å². The molecule has 2 atom stereocenters. The molecule has 2 aromatic carbocycles. The molecule has 26 heavy (non-hydrogen) atoms. The average molecular weight is 402 g/mol. The van der Waals surface area contributed by atoms with Gasteiger partial charge in [-0.3, -0.25) is 0 Å². The highest BCUT2D eigenvalue weighted by Crippen LogP contribution is 2.35. The van der Waals surface area contributed by atoms with E-state index in [-0.39, 0.29) is 12.0 Å². The average Bonchev–Trinajstić information content (AvgIpc) is 2.64. The molecule has 2 N–H and O–H groups in total. The maximum absolute atomic E-state index is 6.45. The Morgan fingerprint density at radius 3 is 2.54 bits per heavy atom. The highest BCUT2D eigenvalue weighted by atomic mass is 35.5. The van der Waals surface area contributed by atoms with Crippen LogP contribution < -0.4 is 10.6 Å². The largest absolute Gasteiger partial charge is 0.353 e. The Balaban J connectivity index is 1.75. The Labute approximate surface area is 168 Å². The molecule has 0 amide bonds. The van der Waals surface area contributed by atoms with Crippen LogP contribution in [0.4, 0.5) is 0 Å². The van der Waals surface area contributed by atoms with Crippen LogP contribution in [0.1, 0.15) is 17.2 Å². The summed E-state index contributed by atoms with van der Waals surface area (Å²) in [6.45, 7) is 1.54. The first-order valence-electron chi connectivity index (χ1n) is 8.43. The van der Waals surface area contributed by atoms with Crippen LogP contribution in [0.25, 0.3) is 6.08 Å². The van der Waals surface area contributed by atoms with Crippen molar-refractivity contribution < 1.29 is 0 Å². The van der Waals surface area contributed by atoms with Gasteiger partial charge in [0, 0.05) is 29.1 Å². The fourth-order valence-electron chi connectivity index (χ4n) is 3.52.